The van der Waals surface area contributed by atoms with Crippen molar-refractivity contribution in [2.75, 3.05) is 0 Å². The molecule has 0 aliphatic heterocycles. The van der Waals surface area contributed by atoms with Gasteiger partial charge in [-0.1, -0.05) is 48.5 Å². The Labute approximate surface area is 244 Å². The highest BCUT2D eigenvalue weighted by Gasteiger charge is 2.37. The van der Waals surface area contributed by atoms with Gasteiger partial charge in [-0.3, -0.25) is 0 Å². The van der Waals surface area contributed by atoms with E-state index in [0.29, 0.717) is 12.1 Å². The third-order valence-electron chi connectivity index (χ3n) is 5.11. The van der Waals surface area contributed by atoms with Gasteiger partial charge < -0.3 is 14.0 Å². The standard InChI is InChI=1S/C26H31O2S.C6H4F2O3S/c1-25(2,3)27-22-18-13-19-23(28-26(4,5)6)24(22)29(20-14-9-7-10-15-20)21-16-11-8-12-17-21;7-4-2-1-3-5(8)6(4)12(9,10)11/h7-19H,1-6H3;1-3H,(H,9,10,11)/q+1;/p-1. The highest BCUT2D eigenvalue weighted by molar-refractivity contribution is 7.97. The molecular formula is C32H34F2O5S2. The maximum Gasteiger partial charge on any atom is 0.250 e. The first-order valence-corrected chi connectivity index (χ1v) is 15.5. The van der Waals surface area contributed by atoms with Gasteiger partial charge in [0.2, 0.25) is 4.90 Å². The minimum atomic E-state index is -5.06. The zero-order chi connectivity index (χ0) is 30.4. The minimum absolute atomic E-state index is 0.308. The van der Waals surface area contributed by atoms with Crippen LogP contribution in [0.4, 0.5) is 8.78 Å². The van der Waals surface area contributed by atoms with Crippen molar-refractivity contribution in [2.24, 2.45) is 0 Å². The molecule has 0 atom stereocenters. The number of hydrogen-bond donors (Lipinski definition) is 0. The predicted octanol–water partition coefficient (Wildman–Crippen LogP) is 8.01. The van der Waals surface area contributed by atoms with Crippen molar-refractivity contribution in [3.8, 4) is 11.5 Å². The van der Waals surface area contributed by atoms with Crippen molar-refractivity contribution in [3.63, 3.8) is 0 Å². The van der Waals surface area contributed by atoms with E-state index in [1.54, 1.807) is 0 Å². The molecule has 218 valence electrons. The van der Waals surface area contributed by atoms with Crippen LogP contribution in [-0.2, 0) is 21.0 Å². The summed E-state index contributed by atoms with van der Waals surface area (Å²) in [5, 5.41) is 0. The molecule has 41 heavy (non-hydrogen) atoms. The van der Waals surface area contributed by atoms with Gasteiger partial charge in [-0.05, 0) is 90.1 Å². The van der Waals surface area contributed by atoms with Gasteiger partial charge in [0, 0.05) is 0 Å². The second-order valence-corrected chi connectivity index (χ2v) is 14.2. The minimum Gasteiger partial charge on any atom is -0.744 e. The van der Waals surface area contributed by atoms with E-state index in [1.165, 1.54) is 9.79 Å². The van der Waals surface area contributed by atoms with Crippen LogP contribution >= 0.6 is 0 Å². The average molecular weight is 601 g/mol. The maximum atomic E-state index is 12.5. The molecule has 4 rings (SSSR count). The lowest BCUT2D eigenvalue weighted by Gasteiger charge is -2.26. The van der Waals surface area contributed by atoms with Crippen LogP contribution in [0, 0.1) is 11.6 Å². The zero-order valence-electron chi connectivity index (χ0n) is 23.9. The number of ether oxygens (including phenoxy) is 2. The number of benzene rings is 4. The molecule has 4 aromatic carbocycles. The Morgan fingerprint density at radius 1 is 0.610 bits per heavy atom. The topological polar surface area (TPSA) is 75.7 Å². The second-order valence-electron chi connectivity index (χ2n) is 10.9. The molecule has 0 aliphatic rings. The third-order valence-corrected chi connectivity index (χ3v) is 8.29. The molecule has 0 spiro atoms. The summed E-state index contributed by atoms with van der Waals surface area (Å²) < 4.78 is 68.6. The van der Waals surface area contributed by atoms with E-state index >= 15 is 0 Å². The molecule has 4 aromatic rings. The van der Waals surface area contributed by atoms with Crippen LogP contribution in [0.15, 0.2) is 117 Å². The molecule has 0 bridgehead atoms. The van der Waals surface area contributed by atoms with Crippen molar-refractivity contribution in [3.05, 3.63) is 109 Å². The van der Waals surface area contributed by atoms with Crippen LogP contribution in [-0.4, -0.2) is 24.2 Å². The number of halogens is 2. The van der Waals surface area contributed by atoms with Crippen molar-refractivity contribution < 1.29 is 31.2 Å². The molecule has 0 fully saturated rings. The first-order valence-electron chi connectivity index (χ1n) is 12.8. The van der Waals surface area contributed by atoms with E-state index < -0.39 is 26.6 Å². The number of hydrogen-bond acceptors (Lipinski definition) is 5. The summed E-state index contributed by atoms with van der Waals surface area (Å²) >= 11 is 0. The molecule has 0 aromatic heterocycles. The highest BCUT2D eigenvalue weighted by Crippen LogP contribution is 2.44. The van der Waals surface area contributed by atoms with Gasteiger partial charge in [-0.2, -0.15) is 0 Å². The molecule has 0 radical (unpaired) electrons. The van der Waals surface area contributed by atoms with E-state index in [-0.39, 0.29) is 22.1 Å². The average Bonchev–Trinajstić information content (AvgIpc) is 2.85. The van der Waals surface area contributed by atoms with E-state index in [9.17, 15) is 21.8 Å². The summed E-state index contributed by atoms with van der Waals surface area (Å²) in [6.07, 6.45) is 0. The van der Waals surface area contributed by atoms with Gasteiger partial charge in [-0.25, -0.2) is 17.2 Å². The Bertz CT molecular complexity index is 1450. The summed E-state index contributed by atoms with van der Waals surface area (Å²) in [7, 11) is -5.42. The van der Waals surface area contributed by atoms with E-state index in [1.807, 2.05) is 6.07 Å². The van der Waals surface area contributed by atoms with Crippen LogP contribution < -0.4 is 9.47 Å². The molecule has 0 heterocycles. The normalized spacial score (nSPS) is 12.0. The fourth-order valence-electron chi connectivity index (χ4n) is 3.72. The molecule has 0 aliphatic carbocycles. The molecule has 0 saturated heterocycles. The Kier molecular flexibility index (Phi) is 10.2. The van der Waals surface area contributed by atoms with Crippen LogP contribution in [0.3, 0.4) is 0 Å². The fourth-order valence-corrected chi connectivity index (χ4v) is 6.56. The van der Waals surface area contributed by atoms with Crippen LogP contribution in [0.2, 0.25) is 0 Å². The maximum absolute atomic E-state index is 12.5. The summed E-state index contributed by atoms with van der Waals surface area (Å²) in [6, 6.07) is 29.7. The largest absolute Gasteiger partial charge is 0.744 e. The van der Waals surface area contributed by atoms with E-state index in [0.717, 1.165) is 22.5 Å². The first-order chi connectivity index (χ1) is 19.1. The second kappa shape index (κ2) is 13.1. The lowest BCUT2D eigenvalue weighted by Crippen LogP contribution is -2.26. The lowest BCUT2D eigenvalue weighted by atomic mass is 10.2. The van der Waals surface area contributed by atoms with Crippen LogP contribution in [0.1, 0.15) is 41.5 Å². The monoisotopic (exact) mass is 600 g/mol. The van der Waals surface area contributed by atoms with Crippen LogP contribution in [0.5, 0.6) is 11.5 Å². The van der Waals surface area contributed by atoms with E-state index in [2.05, 4.69) is 114 Å². The van der Waals surface area contributed by atoms with Gasteiger partial charge in [0.1, 0.15) is 48.7 Å². The van der Waals surface area contributed by atoms with Gasteiger partial charge in [0.25, 0.3) is 0 Å². The molecule has 5 nitrogen and oxygen atoms in total. The van der Waals surface area contributed by atoms with Gasteiger partial charge >= 0.3 is 0 Å². The summed E-state index contributed by atoms with van der Waals surface area (Å²) in [6.45, 7) is 12.5. The summed E-state index contributed by atoms with van der Waals surface area (Å²) in [4.78, 5) is 2.14. The Morgan fingerprint density at radius 3 is 1.29 bits per heavy atom. The zero-order valence-corrected chi connectivity index (χ0v) is 25.5. The highest BCUT2D eigenvalue weighted by atomic mass is 32.2. The van der Waals surface area contributed by atoms with Crippen molar-refractivity contribution in [1.29, 1.82) is 0 Å². The smallest absolute Gasteiger partial charge is 0.250 e. The SMILES string of the molecule is CC(C)(C)Oc1cccc(OC(C)(C)C)c1[S+](c1ccccc1)c1ccccc1.O=S(=O)([O-])c1c(F)cccc1F. The molecule has 9 heteroatoms. The van der Waals surface area contributed by atoms with Crippen molar-refractivity contribution >= 4 is 21.0 Å². The number of rotatable bonds is 6. The van der Waals surface area contributed by atoms with Gasteiger partial charge in [-0.15, -0.1) is 0 Å². The van der Waals surface area contributed by atoms with Crippen molar-refractivity contribution in [1.82, 2.24) is 0 Å². The van der Waals surface area contributed by atoms with Crippen molar-refractivity contribution in [2.45, 2.75) is 72.3 Å². The quantitative estimate of drug-likeness (QED) is 0.166. The predicted molar refractivity (Wildman–Crippen MR) is 157 cm³/mol. The summed E-state index contributed by atoms with van der Waals surface area (Å²) in [5.74, 6) is -0.999. The molecule has 0 amide bonds. The van der Waals surface area contributed by atoms with Gasteiger partial charge in [0.15, 0.2) is 21.3 Å². The first kappa shape index (κ1) is 32.1. The Morgan fingerprint density at radius 2 is 0.976 bits per heavy atom. The lowest BCUT2D eigenvalue weighted by molar-refractivity contribution is 0.113. The molecule has 0 unspecified atom stereocenters. The fraction of sp³-hybridized carbons (Fsp3) is 0.250. The summed E-state index contributed by atoms with van der Waals surface area (Å²) in [5.41, 5.74) is -0.616. The van der Waals surface area contributed by atoms with Gasteiger partial charge in [0.05, 0.1) is 0 Å². The third kappa shape index (κ3) is 9.31. The molecule has 0 N–H and O–H groups in total. The Hall–Kier alpha value is -3.40. The Balaban J connectivity index is 0.000000322. The van der Waals surface area contributed by atoms with Crippen LogP contribution in [0.25, 0.3) is 0 Å². The van der Waals surface area contributed by atoms with E-state index in [4.69, 9.17) is 9.47 Å². The molecule has 0 saturated carbocycles. The molecular weight excluding hydrogens is 566 g/mol.